The average molecular weight is 572 g/mol. The van der Waals surface area contributed by atoms with E-state index >= 15 is 0 Å². The molecule has 4 rings (SSSR count). The molecule has 3 aromatic rings. The van der Waals surface area contributed by atoms with Crippen LogP contribution in [0, 0.1) is 0 Å². The summed E-state index contributed by atoms with van der Waals surface area (Å²) in [6.07, 6.45) is 2.71. The quantitative estimate of drug-likeness (QED) is 0.266. The van der Waals surface area contributed by atoms with Crippen LogP contribution in [0.2, 0.25) is 0 Å². The lowest BCUT2D eigenvalue weighted by atomic mass is 10.0. The molecule has 40 heavy (non-hydrogen) atoms. The Labute approximate surface area is 232 Å². The van der Waals surface area contributed by atoms with Gasteiger partial charge in [0.15, 0.2) is 6.61 Å². The number of hydrogen-bond donors (Lipinski definition) is 4. The number of anilines is 2. The Balaban J connectivity index is 1.58. The third-order valence-corrected chi connectivity index (χ3v) is 7.21. The van der Waals surface area contributed by atoms with Crippen LogP contribution in [0.1, 0.15) is 24.9 Å². The maximum Gasteiger partial charge on any atom is 0.260 e. The molecule has 13 heteroatoms. The number of sulfonamides is 1. The van der Waals surface area contributed by atoms with Crippen LogP contribution < -0.4 is 14.8 Å². The van der Waals surface area contributed by atoms with Crippen LogP contribution in [0.3, 0.4) is 0 Å². The number of ether oxygens (including phenoxy) is 1. The average Bonchev–Trinajstić information content (AvgIpc) is 3.31. The van der Waals surface area contributed by atoms with E-state index in [1.807, 2.05) is 4.90 Å². The van der Waals surface area contributed by atoms with E-state index < -0.39 is 22.2 Å². The van der Waals surface area contributed by atoms with E-state index in [4.69, 9.17) is 4.74 Å². The first kappa shape index (κ1) is 29.1. The molecule has 1 aliphatic rings. The van der Waals surface area contributed by atoms with Crippen molar-refractivity contribution in [2.75, 3.05) is 49.6 Å². The van der Waals surface area contributed by atoms with Gasteiger partial charge in [-0.25, -0.2) is 8.42 Å². The maximum absolute atomic E-state index is 13.4. The van der Waals surface area contributed by atoms with Gasteiger partial charge in [-0.05, 0) is 48.9 Å². The number of aliphatic hydroxyl groups is 1. The molecule has 1 fully saturated rings. The molecular weight excluding hydrogens is 538 g/mol. The Bertz CT molecular complexity index is 1510. The number of aliphatic hydroxyl groups excluding tert-OH is 1. The van der Waals surface area contributed by atoms with E-state index in [1.165, 1.54) is 30.2 Å². The smallest absolute Gasteiger partial charge is 0.260 e. The molecule has 1 aromatic heterocycles. The molecule has 12 nitrogen and oxygen atoms in total. The lowest BCUT2D eigenvalue weighted by Gasteiger charge is -2.32. The van der Waals surface area contributed by atoms with Gasteiger partial charge in [0.1, 0.15) is 11.5 Å². The fourth-order valence-corrected chi connectivity index (χ4v) is 5.29. The highest BCUT2D eigenvalue weighted by molar-refractivity contribution is 7.92. The molecular formula is C27H33N5O7S. The molecule has 0 aliphatic carbocycles. The summed E-state index contributed by atoms with van der Waals surface area (Å²) in [5, 5.41) is 24.0. The molecule has 0 radical (unpaired) electrons. The minimum atomic E-state index is -3.54. The lowest BCUT2D eigenvalue weighted by Crippen LogP contribution is -2.41. The second-order valence-corrected chi connectivity index (χ2v) is 11.6. The molecule has 2 aromatic carbocycles. The predicted molar refractivity (Wildman–Crippen MR) is 151 cm³/mol. The number of phenols is 1. The van der Waals surface area contributed by atoms with Crippen molar-refractivity contribution in [2.24, 2.45) is 0 Å². The molecule has 0 saturated carbocycles. The van der Waals surface area contributed by atoms with Gasteiger partial charge < -0.3 is 25.2 Å². The van der Waals surface area contributed by atoms with Gasteiger partial charge in [0, 0.05) is 56.4 Å². The number of nitrogens with one attached hydrogen (secondary N) is 2. The van der Waals surface area contributed by atoms with E-state index in [1.54, 1.807) is 37.4 Å². The number of pyridine rings is 1. The van der Waals surface area contributed by atoms with Crippen molar-refractivity contribution in [1.82, 2.24) is 14.8 Å². The van der Waals surface area contributed by atoms with Crippen molar-refractivity contribution in [1.29, 1.82) is 0 Å². The van der Waals surface area contributed by atoms with E-state index in [-0.39, 0.29) is 29.9 Å². The third-order valence-electron chi connectivity index (χ3n) is 6.62. The van der Waals surface area contributed by atoms with Crippen LogP contribution in [0.25, 0.3) is 10.9 Å². The minimum Gasteiger partial charge on any atom is -0.508 e. The number of hydrogen-bond acceptors (Lipinski definition) is 9. The largest absolute Gasteiger partial charge is 0.508 e. The number of likely N-dealkylation sites (tertiary alicyclic amines) is 1. The Morgan fingerprint density at radius 3 is 2.70 bits per heavy atom. The van der Waals surface area contributed by atoms with Crippen molar-refractivity contribution in [3.8, 4) is 11.5 Å². The monoisotopic (exact) mass is 571 g/mol. The SMILES string of the molecule is CC(=O)Nc1ccc(O)c([C@@H](CN2CC[C@H](O)C2)N(C)C(=O)COc2ccc(NS(C)(=O)=O)c3ncccc23)c1. The topological polar surface area (TPSA) is 161 Å². The molecule has 2 amide bonds. The standard InChI is InChI=1S/C27H33N5O7S/c1-17(33)29-18-6-8-24(35)21(13-18)23(15-32-12-10-19(34)14-32)31(2)26(36)16-39-25-9-7-22(30-40(3,37)38)27-20(25)5-4-11-28-27/h4-9,11,13,19,23,30,34-35H,10,12,14-16H2,1-3H3,(H,29,33)/t19-,23+/m0/s1. The molecule has 0 spiro atoms. The summed E-state index contributed by atoms with van der Waals surface area (Å²) in [6.45, 7) is 2.45. The molecule has 0 unspecified atom stereocenters. The summed E-state index contributed by atoms with van der Waals surface area (Å²) in [4.78, 5) is 32.8. The molecule has 2 atom stereocenters. The van der Waals surface area contributed by atoms with Crippen LogP contribution in [-0.2, 0) is 19.6 Å². The first-order valence-electron chi connectivity index (χ1n) is 12.7. The fourth-order valence-electron chi connectivity index (χ4n) is 4.72. The van der Waals surface area contributed by atoms with Crippen LogP contribution in [0.5, 0.6) is 11.5 Å². The minimum absolute atomic E-state index is 0.0366. The number of benzene rings is 2. The molecule has 4 N–H and O–H groups in total. The Kier molecular flexibility index (Phi) is 8.76. The van der Waals surface area contributed by atoms with Gasteiger partial charge in [0.05, 0.1) is 29.6 Å². The van der Waals surface area contributed by atoms with Crippen molar-refractivity contribution in [3.63, 3.8) is 0 Å². The second-order valence-electron chi connectivity index (χ2n) is 9.85. The summed E-state index contributed by atoms with van der Waals surface area (Å²) in [5.74, 6) is -0.346. The van der Waals surface area contributed by atoms with Crippen LogP contribution in [0.4, 0.5) is 11.4 Å². The number of phenolic OH excluding ortho intramolecular Hbond substituents is 1. The molecule has 0 bridgehead atoms. The Morgan fingerprint density at radius 1 is 1.25 bits per heavy atom. The lowest BCUT2D eigenvalue weighted by molar-refractivity contribution is -0.134. The van der Waals surface area contributed by atoms with E-state index in [2.05, 4.69) is 15.0 Å². The second kappa shape index (κ2) is 12.1. The third kappa shape index (κ3) is 7.17. The predicted octanol–water partition coefficient (Wildman–Crippen LogP) is 1.92. The Morgan fingerprint density at radius 2 is 2.02 bits per heavy atom. The number of β-amino-alcohol motifs (C(OH)–C–C–N with tert-alkyl or cyclic N) is 1. The van der Waals surface area contributed by atoms with Crippen LogP contribution in [-0.4, -0.2) is 90.9 Å². The van der Waals surface area contributed by atoms with E-state index in [9.17, 15) is 28.2 Å². The van der Waals surface area contributed by atoms with Gasteiger partial charge in [-0.3, -0.25) is 24.2 Å². The highest BCUT2D eigenvalue weighted by Crippen LogP contribution is 2.33. The van der Waals surface area contributed by atoms with E-state index in [0.717, 1.165) is 6.26 Å². The number of amides is 2. The number of fused-ring (bicyclic) bond motifs is 1. The van der Waals surface area contributed by atoms with Crippen molar-refractivity contribution >= 4 is 44.1 Å². The van der Waals surface area contributed by atoms with E-state index in [0.29, 0.717) is 54.0 Å². The number of nitrogens with zero attached hydrogens (tertiary/aromatic N) is 3. The Hall–Kier alpha value is -3.94. The van der Waals surface area contributed by atoms with Crippen molar-refractivity contribution in [2.45, 2.75) is 25.5 Å². The summed E-state index contributed by atoms with van der Waals surface area (Å²) < 4.78 is 31.8. The van der Waals surface area contributed by atoms with Gasteiger partial charge in [-0.15, -0.1) is 0 Å². The first-order valence-corrected chi connectivity index (χ1v) is 14.6. The first-order chi connectivity index (χ1) is 18.9. The fraction of sp³-hybridized carbons (Fsp3) is 0.370. The highest BCUT2D eigenvalue weighted by Gasteiger charge is 2.30. The molecule has 1 aliphatic heterocycles. The number of carbonyl (C=O) groups is 2. The molecule has 1 saturated heterocycles. The zero-order valence-electron chi connectivity index (χ0n) is 22.5. The summed E-state index contributed by atoms with van der Waals surface area (Å²) >= 11 is 0. The van der Waals surface area contributed by atoms with Crippen LogP contribution >= 0.6 is 0 Å². The number of aromatic hydroxyl groups is 1. The molecule has 214 valence electrons. The number of likely N-dealkylation sites (N-methyl/N-ethyl adjacent to an activating group) is 1. The summed E-state index contributed by atoms with van der Waals surface area (Å²) in [6, 6.07) is 10.5. The number of rotatable bonds is 10. The zero-order valence-corrected chi connectivity index (χ0v) is 23.3. The van der Waals surface area contributed by atoms with Gasteiger partial charge in [-0.1, -0.05) is 0 Å². The maximum atomic E-state index is 13.4. The highest BCUT2D eigenvalue weighted by atomic mass is 32.2. The summed E-state index contributed by atoms with van der Waals surface area (Å²) in [7, 11) is -1.93. The summed E-state index contributed by atoms with van der Waals surface area (Å²) in [5.41, 5.74) is 1.58. The number of aromatic nitrogens is 1. The van der Waals surface area contributed by atoms with Crippen LogP contribution in [0.15, 0.2) is 48.7 Å². The zero-order chi connectivity index (χ0) is 29.0. The van der Waals surface area contributed by atoms with Gasteiger partial charge >= 0.3 is 0 Å². The molecule has 2 heterocycles. The van der Waals surface area contributed by atoms with Crippen molar-refractivity contribution < 1.29 is 33.0 Å². The van der Waals surface area contributed by atoms with Crippen molar-refractivity contribution in [3.05, 3.63) is 54.2 Å². The van der Waals surface area contributed by atoms with Gasteiger partial charge in [0.25, 0.3) is 5.91 Å². The number of carbonyl (C=O) groups excluding carboxylic acids is 2. The normalized spacial score (nSPS) is 16.4. The van der Waals surface area contributed by atoms with Gasteiger partial charge in [0.2, 0.25) is 15.9 Å². The van der Waals surface area contributed by atoms with Gasteiger partial charge in [-0.2, -0.15) is 0 Å².